The zero-order valence-corrected chi connectivity index (χ0v) is 17.6. The van der Waals surface area contributed by atoms with Gasteiger partial charge in [0.25, 0.3) is 5.91 Å². The molecule has 0 N–H and O–H groups in total. The van der Waals surface area contributed by atoms with Gasteiger partial charge in [0.15, 0.2) is 9.84 Å². The Hall–Kier alpha value is -1.78. The van der Waals surface area contributed by atoms with Crippen LogP contribution in [0.15, 0.2) is 29.2 Å². The lowest BCUT2D eigenvalue weighted by atomic mass is 10.2. The van der Waals surface area contributed by atoms with Crippen molar-refractivity contribution in [1.29, 1.82) is 0 Å². The van der Waals surface area contributed by atoms with Crippen molar-refractivity contribution in [2.75, 3.05) is 24.6 Å². The third kappa shape index (κ3) is 4.44. The molecule has 2 amide bonds. The van der Waals surface area contributed by atoms with Crippen molar-refractivity contribution < 1.29 is 22.4 Å². The molecule has 0 aliphatic carbocycles. The fourth-order valence-electron chi connectivity index (χ4n) is 3.26. The lowest BCUT2D eigenvalue weighted by molar-refractivity contribution is -0.136. The van der Waals surface area contributed by atoms with E-state index in [0.29, 0.717) is 13.0 Å². The molecule has 1 aromatic rings. The van der Waals surface area contributed by atoms with Crippen molar-refractivity contribution in [2.45, 2.75) is 19.4 Å². The second-order valence-electron chi connectivity index (χ2n) is 6.53. The zero-order valence-electron chi connectivity index (χ0n) is 15.1. The van der Waals surface area contributed by atoms with E-state index in [2.05, 4.69) is 0 Å². The van der Waals surface area contributed by atoms with Gasteiger partial charge in [0.05, 0.1) is 16.4 Å². The zero-order chi connectivity index (χ0) is 20.5. The molecular formula is C18H19FN2O4S3. The second kappa shape index (κ2) is 8.30. The standard InChI is InChI=1S/C18H19FN2O4S3/c1-2-20(13-7-8-28(24,25)11-13)16(22)10-21-17(23)15(27-18(21)26)9-12-5-3-4-6-14(12)19/h3-6,9,13H,2,7-8,10-11H2,1H3. The maximum absolute atomic E-state index is 13.8. The van der Waals surface area contributed by atoms with Crippen LogP contribution in [-0.4, -0.2) is 65.0 Å². The topological polar surface area (TPSA) is 74.8 Å². The summed E-state index contributed by atoms with van der Waals surface area (Å²) in [5, 5.41) is 0. The van der Waals surface area contributed by atoms with Gasteiger partial charge < -0.3 is 4.90 Å². The normalized spacial score (nSPS) is 22.9. The first-order valence-electron chi connectivity index (χ1n) is 8.71. The van der Waals surface area contributed by atoms with E-state index in [1.165, 1.54) is 21.9 Å². The van der Waals surface area contributed by atoms with Crippen molar-refractivity contribution in [2.24, 2.45) is 0 Å². The number of halogens is 1. The predicted octanol–water partition coefficient (Wildman–Crippen LogP) is 2.06. The monoisotopic (exact) mass is 442 g/mol. The molecule has 28 heavy (non-hydrogen) atoms. The number of rotatable bonds is 5. The molecule has 6 nitrogen and oxygen atoms in total. The molecule has 1 unspecified atom stereocenters. The number of likely N-dealkylation sites (N-methyl/N-ethyl adjacent to an activating group) is 1. The second-order valence-corrected chi connectivity index (χ2v) is 10.4. The van der Waals surface area contributed by atoms with Crippen LogP contribution in [0, 0.1) is 5.82 Å². The van der Waals surface area contributed by atoms with Crippen LogP contribution >= 0.6 is 24.0 Å². The minimum atomic E-state index is -3.13. The molecule has 1 atom stereocenters. The fourth-order valence-corrected chi connectivity index (χ4v) is 6.23. The van der Waals surface area contributed by atoms with E-state index < -0.39 is 21.6 Å². The largest absolute Gasteiger partial charge is 0.337 e. The maximum Gasteiger partial charge on any atom is 0.266 e. The Bertz CT molecular complexity index is 961. The first-order chi connectivity index (χ1) is 13.2. The minimum absolute atomic E-state index is 0.0574. The lowest BCUT2D eigenvalue weighted by Crippen LogP contribution is -2.47. The number of amides is 2. The SMILES string of the molecule is CCN(C(=O)CN1C(=O)C(=Cc2ccccc2F)SC1=S)C1CCS(=O)(=O)C1. The molecule has 0 saturated carbocycles. The Morgan fingerprint density at radius 2 is 2.14 bits per heavy atom. The summed E-state index contributed by atoms with van der Waals surface area (Å²) in [5.41, 5.74) is 0.265. The summed E-state index contributed by atoms with van der Waals surface area (Å²) < 4.78 is 37.5. The van der Waals surface area contributed by atoms with Crippen LogP contribution in [0.25, 0.3) is 6.08 Å². The number of benzene rings is 1. The summed E-state index contributed by atoms with van der Waals surface area (Å²) in [6.45, 7) is 1.85. The number of carbonyl (C=O) groups is 2. The van der Waals surface area contributed by atoms with Crippen LogP contribution in [0.2, 0.25) is 0 Å². The van der Waals surface area contributed by atoms with Gasteiger partial charge in [0.2, 0.25) is 5.91 Å². The molecule has 2 heterocycles. The molecule has 0 spiro atoms. The number of hydrogen-bond acceptors (Lipinski definition) is 6. The Labute approximate surface area is 172 Å². The molecule has 1 aromatic carbocycles. The summed E-state index contributed by atoms with van der Waals surface area (Å²) in [5.74, 6) is -1.26. The molecule has 2 aliphatic heterocycles. The molecule has 0 bridgehead atoms. The van der Waals surface area contributed by atoms with Gasteiger partial charge in [-0.25, -0.2) is 12.8 Å². The summed E-state index contributed by atoms with van der Waals surface area (Å²) in [4.78, 5) is 28.3. The Balaban J connectivity index is 1.73. The molecule has 3 rings (SSSR count). The number of sulfone groups is 1. The Morgan fingerprint density at radius 1 is 1.43 bits per heavy atom. The number of nitrogens with zero attached hydrogens (tertiary/aromatic N) is 2. The van der Waals surface area contributed by atoms with Crippen molar-refractivity contribution in [3.63, 3.8) is 0 Å². The van der Waals surface area contributed by atoms with Gasteiger partial charge in [0, 0.05) is 18.2 Å². The van der Waals surface area contributed by atoms with Gasteiger partial charge in [-0.15, -0.1) is 0 Å². The molecule has 2 saturated heterocycles. The van der Waals surface area contributed by atoms with Crippen LogP contribution in [-0.2, 0) is 19.4 Å². The van der Waals surface area contributed by atoms with E-state index in [-0.39, 0.29) is 44.8 Å². The number of thioether (sulfide) groups is 1. The average Bonchev–Trinajstić information content (AvgIpc) is 3.11. The highest BCUT2D eigenvalue weighted by Crippen LogP contribution is 2.33. The summed E-state index contributed by atoms with van der Waals surface area (Å²) in [7, 11) is -3.13. The van der Waals surface area contributed by atoms with E-state index in [0.717, 1.165) is 11.8 Å². The van der Waals surface area contributed by atoms with Crippen molar-refractivity contribution >= 4 is 56.0 Å². The number of thiocarbonyl (C=S) groups is 1. The molecule has 0 radical (unpaired) electrons. The Kier molecular flexibility index (Phi) is 6.21. The molecule has 150 valence electrons. The summed E-state index contributed by atoms with van der Waals surface area (Å²) in [6, 6.07) is 5.68. The highest BCUT2D eigenvalue weighted by molar-refractivity contribution is 8.26. The van der Waals surface area contributed by atoms with Crippen LogP contribution < -0.4 is 0 Å². The minimum Gasteiger partial charge on any atom is -0.337 e. The van der Waals surface area contributed by atoms with E-state index in [1.807, 2.05) is 0 Å². The van der Waals surface area contributed by atoms with Crippen molar-refractivity contribution in [1.82, 2.24) is 9.80 Å². The smallest absolute Gasteiger partial charge is 0.266 e. The van der Waals surface area contributed by atoms with E-state index in [4.69, 9.17) is 12.2 Å². The third-order valence-corrected chi connectivity index (χ3v) is 7.80. The molecule has 2 fully saturated rings. The van der Waals surface area contributed by atoms with Gasteiger partial charge in [-0.05, 0) is 25.5 Å². The highest BCUT2D eigenvalue weighted by Gasteiger charge is 2.38. The van der Waals surface area contributed by atoms with Crippen molar-refractivity contribution in [3.05, 3.63) is 40.6 Å². The van der Waals surface area contributed by atoms with E-state index in [9.17, 15) is 22.4 Å². The molecular weight excluding hydrogens is 423 g/mol. The highest BCUT2D eigenvalue weighted by atomic mass is 32.2. The molecule has 0 aromatic heterocycles. The van der Waals surface area contributed by atoms with Crippen LogP contribution in [0.3, 0.4) is 0 Å². The first-order valence-corrected chi connectivity index (χ1v) is 11.8. The number of carbonyl (C=O) groups excluding carboxylic acids is 2. The Morgan fingerprint density at radius 3 is 2.75 bits per heavy atom. The first kappa shape index (κ1) is 20.9. The lowest BCUT2D eigenvalue weighted by Gasteiger charge is -2.28. The molecule has 2 aliphatic rings. The molecule has 10 heteroatoms. The van der Waals surface area contributed by atoms with E-state index in [1.54, 1.807) is 25.1 Å². The van der Waals surface area contributed by atoms with E-state index >= 15 is 0 Å². The van der Waals surface area contributed by atoms with Gasteiger partial charge in [-0.3, -0.25) is 14.5 Å². The van der Waals surface area contributed by atoms with Gasteiger partial charge in [-0.1, -0.05) is 42.2 Å². The average molecular weight is 443 g/mol. The number of hydrogen-bond donors (Lipinski definition) is 0. The summed E-state index contributed by atoms with van der Waals surface area (Å²) in [6.07, 6.45) is 1.81. The van der Waals surface area contributed by atoms with Crippen LogP contribution in [0.1, 0.15) is 18.9 Å². The van der Waals surface area contributed by atoms with Gasteiger partial charge in [0.1, 0.15) is 16.7 Å². The van der Waals surface area contributed by atoms with Gasteiger partial charge >= 0.3 is 0 Å². The third-order valence-electron chi connectivity index (χ3n) is 4.67. The predicted molar refractivity (Wildman–Crippen MR) is 111 cm³/mol. The fraction of sp³-hybridized carbons (Fsp3) is 0.389. The summed E-state index contributed by atoms with van der Waals surface area (Å²) >= 11 is 6.24. The quantitative estimate of drug-likeness (QED) is 0.513. The van der Waals surface area contributed by atoms with Crippen molar-refractivity contribution in [3.8, 4) is 0 Å². The maximum atomic E-state index is 13.8. The van der Waals surface area contributed by atoms with Crippen LogP contribution in [0.4, 0.5) is 4.39 Å². The van der Waals surface area contributed by atoms with Gasteiger partial charge in [-0.2, -0.15) is 0 Å². The van der Waals surface area contributed by atoms with Crippen LogP contribution in [0.5, 0.6) is 0 Å².